The smallest absolute Gasteiger partial charge is 0.334 e. The minimum absolute atomic E-state index is 0.00792. The van der Waals surface area contributed by atoms with Crippen LogP contribution in [-0.4, -0.2) is 48.1 Å². The highest BCUT2D eigenvalue weighted by Crippen LogP contribution is 2.53. The van der Waals surface area contributed by atoms with E-state index in [1.54, 1.807) is 0 Å². The second-order valence-electron chi connectivity index (χ2n) is 7.86. The molecule has 0 aliphatic carbocycles. The van der Waals surface area contributed by atoms with Crippen molar-refractivity contribution in [1.29, 1.82) is 0 Å². The van der Waals surface area contributed by atoms with Gasteiger partial charge < -0.3 is 15.2 Å². The van der Waals surface area contributed by atoms with Gasteiger partial charge in [0, 0.05) is 18.3 Å². The lowest BCUT2D eigenvalue weighted by molar-refractivity contribution is -0.134. The summed E-state index contributed by atoms with van der Waals surface area (Å²) >= 11 is 0. The summed E-state index contributed by atoms with van der Waals surface area (Å²) in [5, 5.41) is 12.8. The van der Waals surface area contributed by atoms with Crippen LogP contribution in [0.1, 0.15) is 31.7 Å². The Morgan fingerprint density at radius 1 is 1.44 bits per heavy atom. The van der Waals surface area contributed by atoms with E-state index < -0.39 is 11.4 Å². The molecule has 4 atom stereocenters. The van der Waals surface area contributed by atoms with Crippen LogP contribution < -0.4 is 5.32 Å². The minimum atomic E-state index is -0.933. The highest BCUT2D eigenvalue weighted by molar-refractivity contribution is 6.07. The number of hydrogen-bond donors (Lipinski definition) is 2. The van der Waals surface area contributed by atoms with Gasteiger partial charge in [0.05, 0.1) is 24.4 Å². The number of benzene rings is 1. The van der Waals surface area contributed by atoms with E-state index in [0.29, 0.717) is 12.0 Å². The van der Waals surface area contributed by atoms with Gasteiger partial charge in [-0.1, -0.05) is 31.5 Å². The van der Waals surface area contributed by atoms with Gasteiger partial charge >= 0.3 is 5.97 Å². The second-order valence-corrected chi connectivity index (χ2v) is 7.86. The maximum Gasteiger partial charge on any atom is 0.334 e. The van der Waals surface area contributed by atoms with Gasteiger partial charge in [-0.2, -0.15) is 0 Å². The number of carbonyl (C=O) groups excluding carboxylic acids is 1. The summed E-state index contributed by atoms with van der Waals surface area (Å²) in [4.78, 5) is 27.4. The summed E-state index contributed by atoms with van der Waals surface area (Å²) in [5.74, 6) is -0.757. The first-order valence-corrected chi connectivity index (χ1v) is 9.64. The molecular formula is C21H26N2O4. The van der Waals surface area contributed by atoms with Crippen molar-refractivity contribution in [3.05, 3.63) is 41.7 Å². The molecule has 6 heteroatoms. The monoisotopic (exact) mass is 370 g/mol. The molecule has 6 nitrogen and oxygen atoms in total. The zero-order valence-electron chi connectivity index (χ0n) is 15.8. The van der Waals surface area contributed by atoms with E-state index in [4.69, 9.17) is 4.74 Å². The molecule has 0 radical (unpaired) electrons. The summed E-state index contributed by atoms with van der Waals surface area (Å²) in [5.41, 5.74) is 1.69. The van der Waals surface area contributed by atoms with E-state index >= 15 is 0 Å². The van der Waals surface area contributed by atoms with E-state index in [9.17, 15) is 14.7 Å². The molecule has 2 saturated heterocycles. The van der Waals surface area contributed by atoms with Crippen LogP contribution in [0.15, 0.2) is 36.1 Å². The number of para-hydroxylation sites is 1. The topological polar surface area (TPSA) is 78.9 Å². The lowest BCUT2D eigenvalue weighted by Crippen LogP contribution is -2.53. The van der Waals surface area contributed by atoms with Crippen LogP contribution in [0.3, 0.4) is 0 Å². The van der Waals surface area contributed by atoms with Gasteiger partial charge in [-0.3, -0.25) is 9.69 Å². The Kier molecular flexibility index (Phi) is 4.46. The molecule has 1 spiro atoms. The van der Waals surface area contributed by atoms with Crippen molar-refractivity contribution in [3.8, 4) is 0 Å². The first-order valence-electron chi connectivity index (χ1n) is 9.64. The van der Waals surface area contributed by atoms with E-state index in [2.05, 4.69) is 17.1 Å². The van der Waals surface area contributed by atoms with Crippen molar-refractivity contribution >= 4 is 17.6 Å². The number of anilines is 1. The molecule has 1 amide bonds. The number of methoxy groups -OCH3 is 1. The summed E-state index contributed by atoms with van der Waals surface area (Å²) in [7, 11) is 1.48. The molecule has 0 unspecified atom stereocenters. The zero-order valence-corrected chi connectivity index (χ0v) is 15.8. The van der Waals surface area contributed by atoms with Crippen molar-refractivity contribution in [1.82, 2.24) is 4.90 Å². The Hall–Kier alpha value is -2.34. The standard InChI is InChI=1S/C21H26N2O4/c1-3-13-11-23-9-8-21(16-6-4-5-7-17(16)22-20(21)26)18(23)10-14(13)15(12-27-2)19(24)25/h4-7,12-14,18H,3,8-11H2,1-2H3,(H,22,26)(H,24,25)/b15-12-/t13-,14+,18+,21-/m1/s1. The highest BCUT2D eigenvalue weighted by Gasteiger charge is 2.60. The second kappa shape index (κ2) is 6.68. The predicted molar refractivity (Wildman–Crippen MR) is 101 cm³/mol. The van der Waals surface area contributed by atoms with E-state index in [1.807, 2.05) is 24.3 Å². The highest BCUT2D eigenvalue weighted by atomic mass is 16.5. The molecule has 3 aliphatic rings. The predicted octanol–water partition coefficient (Wildman–Crippen LogP) is 2.61. The summed E-state index contributed by atoms with van der Waals surface area (Å²) in [6.45, 7) is 3.79. The fourth-order valence-electron chi connectivity index (χ4n) is 5.52. The molecule has 3 aliphatic heterocycles. The maximum absolute atomic E-state index is 13.1. The third-order valence-electron chi connectivity index (χ3n) is 6.79. The van der Waals surface area contributed by atoms with Crippen LogP contribution >= 0.6 is 0 Å². The number of nitrogens with zero attached hydrogens (tertiary/aromatic N) is 1. The number of aliphatic carboxylic acids is 1. The number of ether oxygens (including phenoxy) is 1. The molecule has 144 valence electrons. The lowest BCUT2D eigenvalue weighted by atomic mass is 9.67. The van der Waals surface area contributed by atoms with Crippen LogP contribution in [0, 0.1) is 11.8 Å². The maximum atomic E-state index is 13.1. The van der Waals surface area contributed by atoms with E-state index in [-0.39, 0.29) is 23.8 Å². The van der Waals surface area contributed by atoms with Gasteiger partial charge in [-0.15, -0.1) is 0 Å². The van der Waals surface area contributed by atoms with Crippen molar-refractivity contribution in [2.24, 2.45) is 11.8 Å². The third kappa shape index (κ3) is 2.57. The molecule has 4 rings (SSSR count). The Morgan fingerprint density at radius 2 is 2.22 bits per heavy atom. The van der Waals surface area contributed by atoms with Gasteiger partial charge in [-0.05, 0) is 42.9 Å². The normalized spacial score (nSPS) is 32.9. The van der Waals surface area contributed by atoms with Gasteiger partial charge in [0.25, 0.3) is 0 Å². The average Bonchev–Trinajstić information content (AvgIpc) is 3.18. The quantitative estimate of drug-likeness (QED) is 0.629. The van der Waals surface area contributed by atoms with Gasteiger partial charge in [-0.25, -0.2) is 4.79 Å². The number of amides is 1. The number of piperidine rings is 1. The first-order chi connectivity index (χ1) is 13.0. The van der Waals surface area contributed by atoms with Crippen LogP contribution in [0.5, 0.6) is 0 Å². The van der Waals surface area contributed by atoms with Gasteiger partial charge in [0.15, 0.2) is 0 Å². The van der Waals surface area contributed by atoms with Gasteiger partial charge in [0.1, 0.15) is 0 Å². The van der Waals surface area contributed by atoms with Crippen LogP contribution in [0.25, 0.3) is 0 Å². The van der Waals surface area contributed by atoms with E-state index in [0.717, 1.165) is 37.2 Å². The molecule has 1 aromatic rings. The van der Waals surface area contributed by atoms with Crippen molar-refractivity contribution in [2.75, 3.05) is 25.5 Å². The van der Waals surface area contributed by atoms with Crippen molar-refractivity contribution in [2.45, 2.75) is 37.6 Å². The molecule has 27 heavy (non-hydrogen) atoms. The molecule has 0 bridgehead atoms. The first kappa shape index (κ1) is 18.0. The number of rotatable bonds is 4. The van der Waals surface area contributed by atoms with Crippen molar-refractivity contribution in [3.63, 3.8) is 0 Å². The molecule has 1 aromatic carbocycles. The average molecular weight is 370 g/mol. The summed E-state index contributed by atoms with van der Waals surface area (Å²) in [6, 6.07) is 7.92. The number of nitrogens with one attached hydrogen (secondary N) is 1. The van der Waals surface area contributed by atoms with E-state index in [1.165, 1.54) is 13.4 Å². The SMILES string of the molecule is CC[C@@H]1CN2CC[C@]3(C(=O)Nc4ccccc43)[C@@H]2C[C@@H]1/C(=C/OC)C(=O)O. The lowest BCUT2D eigenvalue weighted by Gasteiger charge is -2.44. The number of carboxylic acid groups (broad SMARTS) is 1. The Labute approximate surface area is 159 Å². The third-order valence-corrected chi connectivity index (χ3v) is 6.79. The molecule has 0 saturated carbocycles. The Morgan fingerprint density at radius 3 is 2.93 bits per heavy atom. The largest absolute Gasteiger partial charge is 0.504 e. The number of carboxylic acids is 1. The molecule has 2 fully saturated rings. The van der Waals surface area contributed by atoms with Crippen LogP contribution in [0.2, 0.25) is 0 Å². The van der Waals surface area contributed by atoms with Crippen molar-refractivity contribution < 1.29 is 19.4 Å². The summed E-state index contributed by atoms with van der Waals surface area (Å²) in [6.07, 6.45) is 3.70. The fourth-order valence-corrected chi connectivity index (χ4v) is 5.52. The number of carbonyl (C=O) groups is 2. The summed E-state index contributed by atoms with van der Waals surface area (Å²) < 4.78 is 5.08. The fraction of sp³-hybridized carbons (Fsp3) is 0.524. The minimum Gasteiger partial charge on any atom is -0.504 e. The molecule has 3 heterocycles. The van der Waals surface area contributed by atoms with Gasteiger partial charge in [0.2, 0.25) is 5.91 Å². The number of hydrogen-bond acceptors (Lipinski definition) is 4. The Balaban J connectivity index is 1.75. The Bertz CT molecular complexity index is 805. The molecule has 2 N–H and O–H groups in total. The van der Waals surface area contributed by atoms with Crippen LogP contribution in [-0.2, 0) is 19.7 Å². The molecular weight excluding hydrogens is 344 g/mol. The van der Waals surface area contributed by atoms with Crippen LogP contribution in [0.4, 0.5) is 5.69 Å². The number of fused-ring (bicyclic) bond motifs is 4. The molecule has 0 aromatic heterocycles. The zero-order chi connectivity index (χ0) is 19.2.